The number of rotatable bonds is 4. The Labute approximate surface area is 155 Å². The summed E-state index contributed by atoms with van der Waals surface area (Å²) < 4.78 is 11.8. The van der Waals surface area contributed by atoms with E-state index in [1.165, 1.54) is 10.7 Å². The molecule has 1 unspecified atom stereocenters. The second-order valence-electron chi connectivity index (χ2n) is 6.50. The quantitative estimate of drug-likeness (QED) is 0.895. The Hall–Kier alpha value is -3.35. The highest BCUT2D eigenvalue weighted by atomic mass is 16.7. The molecular weight excluding hydrogens is 346 g/mol. The van der Waals surface area contributed by atoms with Crippen molar-refractivity contribution in [1.82, 2.24) is 15.1 Å². The van der Waals surface area contributed by atoms with Crippen LogP contribution in [-0.2, 0) is 20.8 Å². The Morgan fingerprint density at radius 2 is 1.96 bits per heavy atom. The number of aryl methyl sites for hydroxylation is 1. The van der Waals surface area contributed by atoms with Gasteiger partial charge in [0.15, 0.2) is 11.5 Å². The number of fused-ring (bicyclic) bond motifs is 1. The molecule has 2 aliphatic rings. The molecule has 138 valence electrons. The molecule has 0 bridgehead atoms. The number of carbonyl (C=O) groups excluding carboxylic acids is 1. The van der Waals surface area contributed by atoms with Gasteiger partial charge in [-0.3, -0.25) is 9.59 Å². The molecule has 0 saturated carbocycles. The third-order valence-electron chi connectivity index (χ3n) is 4.44. The summed E-state index contributed by atoms with van der Waals surface area (Å²) in [6.45, 7) is 2.06. The zero-order chi connectivity index (χ0) is 18.8. The molecule has 2 aromatic rings. The van der Waals surface area contributed by atoms with Crippen molar-refractivity contribution in [2.24, 2.45) is 0 Å². The van der Waals surface area contributed by atoms with Gasteiger partial charge < -0.3 is 14.8 Å². The van der Waals surface area contributed by atoms with Gasteiger partial charge in [-0.25, -0.2) is 4.68 Å². The van der Waals surface area contributed by atoms with Crippen LogP contribution in [0.3, 0.4) is 0 Å². The number of ether oxygens (including phenoxy) is 2. The number of aromatic nitrogens is 2. The number of carbonyl (C=O) groups is 1. The molecule has 1 aliphatic carbocycles. The molecule has 1 aromatic carbocycles. The van der Waals surface area contributed by atoms with Crippen molar-refractivity contribution in [3.63, 3.8) is 0 Å². The highest BCUT2D eigenvalue weighted by Crippen LogP contribution is 2.26. The molecule has 27 heavy (non-hydrogen) atoms. The monoisotopic (exact) mass is 365 g/mol. The standard InChI is InChI=1S/C20H19N3O4/c1-13-2-4-14(5-3-13)16-7-9-20(25)23(22-16)11-19(24)21-15-6-8-17-18(10-15)27-12-26-17/h2-5,7-10,15H,6,11-12H2,1H3,(H,21,24). The molecule has 1 fully saturated rings. The highest BCUT2D eigenvalue weighted by Gasteiger charge is 2.24. The first-order valence-electron chi connectivity index (χ1n) is 8.71. The van der Waals surface area contributed by atoms with Crippen molar-refractivity contribution in [3.8, 4) is 11.3 Å². The summed E-state index contributed by atoms with van der Waals surface area (Å²) in [5, 5.41) is 7.21. The van der Waals surface area contributed by atoms with E-state index in [-0.39, 0.29) is 30.8 Å². The summed E-state index contributed by atoms with van der Waals surface area (Å²) in [6, 6.07) is 10.7. The number of benzene rings is 1. The first kappa shape index (κ1) is 17.1. The minimum atomic E-state index is -0.322. The lowest BCUT2D eigenvalue weighted by atomic mass is 10.1. The Bertz CT molecular complexity index is 989. The van der Waals surface area contributed by atoms with E-state index < -0.39 is 0 Å². The lowest BCUT2D eigenvalue weighted by Gasteiger charge is -2.17. The van der Waals surface area contributed by atoms with Crippen LogP contribution in [0.15, 0.2) is 64.9 Å². The third kappa shape index (κ3) is 3.76. The Morgan fingerprint density at radius 3 is 2.78 bits per heavy atom. The van der Waals surface area contributed by atoms with E-state index in [0.29, 0.717) is 23.6 Å². The van der Waals surface area contributed by atoms with Crippen LogP contribution in [0.5, 0.6) is 0 Å². The summed E-state index contributed by atoms with van der Waals surface area (Å²) in [6.07, 6.45) is 4.31. The molecule has 1 N–H and O–H groups in total. The topological polar surface area (TPSA) is 82.5 Å². The van der Waals surface area contributed by atoms with Crippen LogP contribution < -0.4 is 10.9 Å². The van der Waals surface area contributed by atoms with E-state index in [1.807, 2.05) is 43.3 Å². The maximum absolute atomic E-state index is 12.4. The summed E-state index contributed by atoms with van der Waals surface area (Å²) in [7, 11) is 0. The smallest absolute Gasteiger partial charge is 0.267 e. The van der Waals surface area contributed by atoms with Gasteiger partial charge in [-0.2, -0.15) is 5.10 Å². The van der Waals surface area contributed by atoms with Gasteiger partial charge in [-0.1, -0.05) is 29.8 Å². The summed E-state index contributed by atoms with van der Waals surface area (Å²) in [4.78, 5) is 24.5. The maximum Gasteiger partial charge on any atom is 0.267 e. The van der Waals surface area contributed by atoms with Crippen LogP contribution in [0.2, 0.25) is 0 Å². The van der Waals surface area contributed by atoms with Gasteiger partial charge in [-0.05, 0) is 31.6 Å². The van der Waals surface area contributed by atoms with Crippen LogP contribution in [-0.4, -0.2) is 28.5 Å². The molecule has 1 atom stereocenters. The van der Waals surface area contributed by atoms with Crippen molar-refractivity contribution in [3.05, 3.63) is 76.0 Å². The molecule has 4 rings (SSSR count). The van der Waals surface area contributed by atoms with Gasteiger partial charge in [0.05, 0.1) is 11.7 Å². The summed E-state index contributed by atoms with van der Waals surface area (Å²) in [5.41, 5.74) is 2.36. The van der Waals surface area contributed by atoms with E-state index in [2.05, 4.69) is 10.4 Å². The van der Waals surface area contributed by atoms with Crippen LogP contribution in [0.25, 0.3) is 11.3 Å². The average Bonchev–Trinajstić information content (AvgIpc) is 3.12. The van der Waals surface area contributed by atoms with Crippen molar-refractivity contribution < 1.29 is 14.3 Å². The fraction of sp³-hybridized carbons (Fsp3) is 0.250. The second-order valence-corrected chi connectivity index (χ2v) is 6.50. The van der Waals surface area contributed by atoms with E-state index in [4.69, 9.17) is 9.47 Å². The highest BCUT2D eigenvalue weighted by molar-refractivity contribution is 5.76. The largest absolute Gasteiger partial charge is 0.454 e. The normalized spacial score (nSPS) is 17.9. The fourth-order valence-electron chi connectivity index (χ4n) is 3.00. The molecule has 0 radical (unpaired) electrons. The molecule has 0 spiro atoms. The Balaban J connectivity index is 1.46. The third-order valence-corrected chi connectivity index (χ3v) is 4.44. The number of hydrogen-bond acceptors (Lipinski definition) is 5. The Morgan fingerprint density at radius 1 is 1.19 bits per heavy atom. The average molecular weight is 365 g/mol. The van der Waals surface area contributed by atoms with Gasteiger partial charge in [0.2, 0.25) is 12.7 Å². The van der Waals surface area contributed by atoms with Gasteiger partial charge >= 0.3 is 0 Å². The first-order chi connectivity index (χ1) is 13.1. The molecule has 1 saturated heterocycles. The molecule has 1 aliphatic heterocycles. The zero-order valence-electron chi connectivity index (χ0n) is 14.8. The number of amides is 1. The van der Waals surface area contributed by atoms with Crippen LogP contribution in [0.1, 0.15) is 12.0 Å². The molecule has 1 aromatic heterocycles. The van der Waals surface area contributed by atoms with Crippen molar-refractivity contribution in [2.75, 3.05) is 6.79 Å². The van der Waals surface area contributed by atoms with Crippen LogP contribution >= 0.6 is 0 Å². The SMILES string of the molecule is Cc1ccc(-c2ccc(=O)n(CC(=O)NC3C=C4OCOC4=CC3)n2)cc1. The van der Waals surface area contributed by atoms with E-state index in [9.17, 15) is 9.59 Å². The van der Waals surface area contributed by atoms with E-state index >= 15 is 0 Å². The van der Waals surface area contributed by atoms with E-state index in [1.54, 1.807) is 6.07 Å². The fourth-order valence-corrected chi connectivity index (χ4v) is 3.00. The maximum atomic E-state index is 12.4. The van der Waals surface area contributed by atoms with Crippen LogP contribution in [0.4, 0.5) is 0 Å². The predicted octanol–water partition coefficient (Wildman–Crippen LogP) is 1.88. The minimum absolute atomic E-state index is 0.147. The van der Waals surface area contributed by atoms with Gasteiger partial charge in [-0.15, -0.1) is 0 Å². The lowest BCUT2D eigenvalue weighted by Crippen LogP contribution is -2.39. The molecule has 7 nitrogen and oxygen atoms in total. The van der Waals surface area contributed by atoms with Crippen molar-refractivity contribution in [1.29, 1.82) is 0 Å². The summed E-state index contributed by atoms with van der Waals surface area (Å²) >= 11 is 0. The zero-order valence-corrected chi connectivity index (χ0v) is 14.8. The Kier molecular flexibility index (Phi) is 4.50. The van der Waals surface area contributed by atoms with Gasteiger partial charge in [0.25, 0.3) is 5.56 Å². The van der Waals surface area contributed by atoms with Crippen molar-refractivity contribution in [2.45, 2.75) is 25.9 Å². The molecule has 7 heteroatoms. The van der Waals surface area contributed by atoms with Crippen LogP contribution in [0, 0.1) is 6.92 Å². The second kappa shape index (κ2) is 7.11. The van der Waals surface area contributed by atoms with Gasteiger partial charge in [0.1, 0.15) is 6.54 Å². The van der Waals surface area contributed by atoms with Crippen molar-refractivity contribution >= 4 is 5.91 Å². The first-order valence-corrected chi connectivity index (χ1v) is 8.71. The number of hydrogen-bond donors (Lipinski definition) is 1. The molecular formula is C20H19N3O4. The molecule has 1 amide bonds. The van der Waals surface area contributed by atoms with Gasteiger partial charge in [0, 0.05) is 11.6 Å². The predicted molar refractivity (Wildman–Crippen MR) is 98.4 cm³/mol. The summed E-state index contributed by atoms with van der Waals surface area (Å²) in [5.74, 6) is 1.07. The van der Waals surface area contributed by atoms with E-state index in [0.717, 1.165) is 11.1 Å². The lowest BCUT2D eigenvalue weighted by molar-refractivity contribution is -0.122. The molecule has 2 heterocycles. The number of nitrogens with one attached hydrogen (secondary N) is 1. The minimum Gasteiger partial charge on any atom is -0.454 e. The number of nitrogens with zero attached hydrogens (tertiary/aromatic N) is 2.